The fourth-order valence-corrected chi connectivity index (χ4v) is 3.82. The molecule has 0 bridgehead atoms. The first-order valence-corrected chi connectivity index (χ1v) is 11.0. The molecule has 0 atom stereocenters. The van der Waals surface area contributed by atoms with Gasteiger partial charge in [-0.2, -0.15) is 9.78 Å². The molecule has 0 aliphatic carbocycles. The molecule has 0 N–H and O–H groups in total. The zero-order valence-electron chi connectivity index (χ0n) is 17.3. The van der Waals surface area contributed by atoms with E-state index >= 15 is 0 Å². The molecule has 0 unspecified atom stereocenters. The highest BCUT2D eigenvalue weighted by atomic mass is 79.9. The molecule has 8 nitrogen and oxygen atoms in total. The second-order valence-electron chi connectivity index (χ2n) is 7.74. The number of hydrogen-bond donors (Lipinski definition) is 0. The monoisotopic (exact) mass is 550 g/mol. The Morgan fingerprint density at radius 3 is 2.55 bits per heavy atom. The molecule has 31 heavy (non-hydrogen) atoms. The van der Waals surface area contributed by atoms with E-state index in [2.05, 4.69) is 41.9 Å². The Morgan fingerprint density at radius 1 is 1.23 bits per heavy atom. The van der Waals surface area contributed by atoms with Crippen LogP contribution in [-0.4, -0.2) is 27.4 Å². The fraction of sp³-hybridized carbons (Fsp3) is 0.286. The minimum absolute atomic E-state index is 0.0845. The predicted octanol–water partition coefficient (Wildman–Crippen LogP) is 5.41. The number of rotatable bonds is 5. The van der Waals surface area contributed by atoms with Gasteiger partial charge in [0.1, 0.15) is 5.82 Å². The number of nitro groups is 1. The highest BCUT2D eigenvalue weighted by Crippen LogP contribution is 2.34. The highest BCUT2D eigenvalue weighted by molar-refractivity contribution is 9.10. The first kappa shape index (κ1) is 23.1. The van der Waals surface area contributed by atoms with Crippen molar-refractivity contribution in [3.63, 3.8) is 0 Å². The molecule has 2 aromatic carbocycles. The Balaban J connectivity index is 2.28. The summed E-state index contributed by atoms with van der Waals surface area (Å²) in [7, 11) is 0. The molecular weight excluding hydrogens is 532 g/mol. The topological polar surface area (TPSA) is 99.6 Å². The lowest BCUT2D eigenvalue weighted by Crippen LogP contribution is -2.29. The van der Waals surface area contributed by atoms with E-state index in [-0.39, 0.29) is 23.6 Å². The third-order valence-electron chi connectivity index (χ3n) is 4.34. The molecule has 0 fully saturated rings. The molecule has 0 amide bonds. The Morgan fingerprint density at radius 2 is 1.94 bits per heavy atom. The van der Waals surface area contributed by atoms with Crippen LogP contribution in [0.1, 0.15) is 39.1 Å². The molecule has 0 aliphatic rings. The van der Waals surface area contributed by atoms with Gasteiger partial charge in [0.05, 0.1) is 28.6 Å². The van der Waals surface area contributed by atoms with Gasteiger partial charge in [-0.25, -0.2) is 4.98 Å². The second kappa shape index (κ2) is 8.88. The summed E-state index contributed by atoms with van der Waals surface area (Å²) in [6.07, 6.45) is 1.38. The Hall–Kier alpha value is -2.59. The number of benzene rings is 2. The van der Waals surface area contributed by atoms with Crippen LogP contribution < -0.4 is 10.3 Å². The smallest absolute Gasteiger partial charge is 0.312 e. The van der Waals surface area contributed by atoms with Gasteiger partial charge in [-0.15, -0.1) is 0 Å². The molecule has 0 saturated heterocycles. The third-order valence-corrected chi connectivity index (χ3v) is 5.29. The number of ether oxygens (including phenoxy) is 1. The van der Waals surface area contributed by atoms with E-state index in [4.69, 9.17) is 4.74 Å². The Bertz CT molecular complexity index is 1260. The van der Waals surface area contributed by atoms with Gasteiger partial charge < -0.3 is 4.74 Å². The van der Waals surface area contributed by atoms with Crippen LogP contribution in [0.25, 0.3) is 10.9 Å². The number of halogens is 2. The summed E-state index contributed by atoms with van der Waals surface area (Å²) in [6, 6.07) is 8.30. The third kappa shape index (κ3) is 4.85. The summed E-state index contributed by atoms with van der Waals surface area (Å²) >= 11 is 6.67. The van der Waals surface area contributed by atoms with Gasteiger partial charge in [-0.05, 0) is 31.2 Å². The van der Waals surface area contributed by atoms with Crippen LogP contribution in [-0.2, 0) is 5.41 Å². The van der Waals surface area contributed by atoms with E-state index in [0.717, 1.165) is 4.47 Å². The maximum Gasteiger partial charge on any atom is 0.312 e. The van der Waals surface area contributed by atoms with Crippen molar-refractivity contribution in [3.8, 4) is 5.75 Å². The maximum absolute atomic E-state index is 13.3. The summed E-state index contributed by atoms with van der Waals surface area (Å²) in [6.45, 7) is 7.77. The van der Waals surface area contributed by atoms with Gasteiger partial charge in [-0.3, -0.25) is 14.9 Å². The summed E-state index contributed by atoms with van der Waals surface area (Å²) in [5, 5.41) is 16.3. The number of hydrogen-bond acceptors (Lipinski definition) is 6. The van der Waals surface area contributed by atoms with Gasteiger partial charge in [0.25, 0.3) is 5.56 Å². The minimum Gasteiger partial charge on any atom is -0.487 e. The van der Waals surface area contributed by atoms with E-state index in [1.807, 2.05) is 26.8 Å². The van der Waals surface area contributed by atoms with Crippen LogP contribution in [0.3, 0.4) is 0 Å². The van der Waals surface area contributed by atoms with Crippen molar-refractivity contribution in [1.82, 2.24) is 9.66 Å². The summed E-state index contributed by atoms with van der Waals surface area (Å²) in [5.74, 6) is 0.548. The number of nitro benzene ring substituents is 1. The molecule has 0 spiro atoms. The molecular formula is C21H20Br2N4O4. The average Bonchev–Trinajstić information content (AvgIpc) is 2.68. The lowest BCUT2D eigenvalue weighted by atomic mass is 9.95. The maximum atomic E-state index is 13.3. The molecule has 1 aromatic heterocycles. The predicted molar refractivity (Wildman–Crippen MR) is 127 cm³/mol. The van der Waals surface area contributed by atoms with Crippen molar-refractivity contribution in [2.45, 2.75) is 33.1 Å². The zero-order valence-corrected chi connectivity index (χ0v) is 20.5. The van der Waals surface area contributed by atoms with Crippen molar-refractivity contribution in [1.29, 1.82) is 0 Å². The van der Waals surface area contributed by atoms with E-state index in [0.29, 0.717) is 26.8 Å². The molecule has 0 saturated carbocycles. The molecule has 3 aromatic rings. The second-order valence-corrected chi connectivity index (χ2v) is 9.57. The Kier molecular flexibility index (Phi) is 6.61. The molecule has 0 aliphatic heterocycles. The summed E-state index contributed by atoms with van der Waals surface area (Å²) in [4.78, 5) is 28.9. The lowest BCUT2D eigenvalue weighted by molar-refractivity contribution is -0.385. The Labute approximate surface area is 195 Å². The van der Waals surface area contributed by atoms with Crippen LogP contribution in [0.15, 0.2) is 49.2 Å². The number of fused-ring (bicyclic) bond motifs is 1. The highest BCUT2D eigenvalue weighted by Gasteiger charge is 2.24. The van der Waals surface area contributed by atoms with Crippen molar-refractivity contribution >= 4 is 54.7 Å². The summed E-state index contributed by atoms with van der Waals surface area (Å²) in [5.41, 5.74) is -0.0812. The minimum atomic E-state index is -0.519. The van der Waals surface area contributed by atoms with Crippen LogP contribution in [0.2, 0.25) is 0 Å². The van der Waals surface area contributed by atoms with E-state index in [9.17, 15) is 14.9 Å². The number of aromatic nitrogens is 2. The molecule has 1 heterocycles. The van der Waals surface area contributed by atoms with Gasteiger partial charge in [0.15, 0.2) is 0 Å². The normalized spacial score (nSPS) is 11.9. The lowest BCUT2D eigenvalue weighted by Gasteiger charge is -2.21. The molecule has 0 radical (unpaired) electrons. The van der Waals surface area contributed by atoms with Crippen LogP contribution >= 0.6 is 31.9 Å². The first-order valence-electron chi connectivity index (χ1n) is 9.40. The standard InChI is InChI=1S/C21H20Br2N4O4/c1-5-31-18-12(8-14(23)10-17(18)27(29)30)11-24-26-19(28)15-9-13(22)6-7-16(15)25-20(26)21(2,3)4/h6-11H,5H2,1-4H3. The van der Waals surface area contributed by atoms with Crippen LogP contribution in [0.5, 0.6) is 5.75 Å². The van der Waals surface area contributed by atoms with Crippen LogP contribution in [0.4, 0.5) is 5.69 Å². The number of nitrogens with zero attached hydrogens (tertiary/aromatic N) is 4. The largest absolute Gasteiger partial charge is 0.487 e. The summed E-state index contributed by atoms with van der Waals surface area (Å²) < 4.78 is 8.00. The van der Waals surface area contributed by atoms with Crippen LogP contribution in [0, 0.1) is 10.1 Å². The van der Waals surface area contributed by atoms with Gasteiger partial charge in [0, 0.05) is 26.0 Å². The average molecular weight is 552 g/mol. The van der Waals surface area contributed by atoms with Crippen molar-refractivity contribution < 1.29 is 9.66 Å². The molecule has 162 valence electrons. The quantitative estimate of drug-likeness (QED) is 0.240. The van der Waals surface area contributed by atoms with Gasteiger partial charge in [-0.1, -0.05) is 52.6 Å². The first-order chi connectivity index (χ1) is 14.5. The SMILES string of the molecule is CCOc1c(C=Nn2c(C(C)(C)C)nc3ccc(Br)cc3c2=O)cc(Br)cc1[N+](=O)[O-]. The fourth-order valence-electron chi connectivity index (χ4n) is 2.99. The molecule has 10 heteroatoms. The van der Waals surface area contributed by atoms with Gasteiger partial charge in [0.2, 0.25) is 5.75 Å². The zero-order chi connectivity index (χ0) is 22.9. The van der Waals surface area contributed by atoms with Crippen molar-refractivity contribution in [2.24, 2.45) is 5.10 Å². The van der Waals surface area contributed by atoms with Gasteiger partial charge >= 0.3 is 5.69 Å². The van der Waals surface area contributed by atoms with Crippen molar-refractivity contribution in [3.05, 3.63) is 71.1 Å². The van der Waals surface area contributed by atoms with Crippen molar-refractivity contribution in [2.75, 3.05) is 6.61 Å². The molecule has 3 rings (SSSR count). The van der Waals surface area contributed by atoms with E-state index in [1.54, 1.807) is 25.1 Å². The van der Waals surface area contributed by atoms with E-state index in [1.165, 1.54) is 17.0 Å². The van der Waals surface area contributed by atoms with E-state index < -0.39 is 10.3 Å².